The number of carbonyl (C=O) groups excluding carboxylic acids is 1. The zero-order valence-electron chi connectivity index (χ0n) is 13.1. The predicted molar refractivity (Wildman–Crippen MR) is 91.5 cm³/mol. The molecule has 0 aliphatic heterocycles. The van der Waals surface area contributed by atoms with Gasteiger partial charge in [0.25, 0.3) is 5.91 Å². The normalized spacial score (nSPS) is 13.4. The average Bonchev–Trinajstić information content (AvgIpc) is 2.53. The molecule has 2 aromatic carbocycles. The summed E-state index contributed by atoms with van der Waals surface area (Å²) < 4.78 is 26.8. The number of nitrogens with one attached hydrogen (secondary N) is 1. The fourth-order valence-electron chi connectivity index (χ4n) is 2.17. The van der Waals surface area contributed by atoms with Crippen LogP contribution < -0.4 is 5.32 Å². The molecule has 0 spiro atoms. The summed E-state index contributed by atoms with van der Waals surface area (Å²) in [5, 5.41) is 13.2. The number of benzene rings is 2. The van der Waals surface area contributed by atoms with E-state index < -0.39 is 23.1 Å². The van der Waals surface area contributed by atoms with Crippen LogP contribution in [0.5, 0.6) is 0 Å². The predicted octanol–water partition coefficient (Wildman–Crippen LogP) is 3.98. The van der Waals surface area contributed by atoms with Crippen LogP contribution >= 0.6 is 23.4 Å². The van der Waals surface area contributed by atoms with Gasteiger partial charge >= 0.3 is 0 Å². The van der Waals surface area contributed by atoms with Gasteiger partial charge in [0.2, 0.25) is 0 Å². The Morgan fingerprint density at radius 1 is 1.29 bits per heavy atom. The number of amides is 1. The Morgan fingerprint density at radius 2 is 2.00 bits per heavy atom. The monoisotopic (exact) mass is 371 g/mol. The summed E-state index contributed by atoms with van der Waals surface area (Å²) in [6.45, 7) is 1.08. The molecule has 2 N–H and O–H groups in total. The van der Waals surface area contributed by atoms with Crippen molar-refractivity contribution in [2.45, 2.75) is 17.4 Å². The summed E-state index contributed by atoms with van der Waals surface area (Å²) in [4.78, 5) is 13.1. The van der Waals surface area contributed by atoms with Crippen LogP contribution in [-0.2, 0) is 5.60 Å². The summed E-state index contributed by atoms with van der Waals surface area (Å²) in [5.74, 6) is -2.10. The van der Waals surface area contributed by atoms with Crippen LogP contribution in [-0.4, -0.2) is 23.8 Å². The molecule has 2 aromatic rings. The molecule has 1 amide bonds. The van der Waals surface area contributed by atoms with E-state index in [0.29, 0.717) is 6.07 Å². The van der Waals surface area contributed by atoms with Crippen molar-refractivity contribution < 1.29 is 18.7 Å². The zero-order chi connectivity index (χ0) is 17.9. The first-order valence-electron chi connectivity index (χ1n) is 7.04. The summed E-state index contributed by atoms with van der Waals surface area (Å²) in [7, 11) is 0. The number of halogens is 3. The maximum absolute atomic E-state index is 13.8. The van der Waals surface area contributed by atoms with Crippen molar-refractivity contribution in [3.63, 3.8) is 0 Å². The molecular formula is C17H16ClF2NO2S. The lowest BCUT2D eigenvalue weighted by Crippen LogP contribution is -2.39. The lowest BCUT2D eigenvalue weighted by Gasteiger charge is -2.25. The van der Waals surface area contributed by atoms with Gasteiger partial charge in [0.15, 0.2) is 0 Å². The number of aliphatic hydroxyl groups is 1. The van der Waals surface area contributed by atoms with Crippen LogP contribution in [0, 0.1) is 11.6 Å². The third-order valence-electron chi connectivity index (χ3n) is 3.52. The van der Waals surface area contributed by atoms with Crippen LogP contribution in [0.15, 0.2) is 41.3 Å². The standard InChI is InChI=1S/C17H16ClF2NO2S/c1-17(23,13-5-3-10(19)7-15(13)20)9-21-16(22)12-8-11(24-2)4-6-14(12)18/h3-8,23H,9H2,1-2H3,(H,21,22). The second-order valence-electron chi connectivity index (χ2n) is 5.43. The Kier molecular flexibility index (Phi) is 5.85. The van der Waals surface area contributed by atoms with E-state index in [-0.39, 0.29) is 22.7 Å². The molecule has 1 unspecified atom stereocenters. The number of thioether (sulfide) groups is 1. The molecule has 0 aliphatic carbocycles. The van der Waals surface area contributed by atoms with Gasteiger partial charge in [-0.2, -0.15) is 0 Å². The molecule has 0 heterocycles. The molecule has 0 radical (unpaired) electrons. The number of hydrogen-bond acceptors (Lipinski definition) is 3. The smallest absolute Gasteiger partial charge is 0.252 e. The molecule has 0 fully saturated rings. The SMILES string of the molecule is CSc1ccc(Cl)c(C(=O)NCC(C)(O)c2ccc(F)cc2F)c1. The minimum atomic E-state index is -1.70. The van der Waals surface area contributed by atoms with E-state index in [4.69, 9.17) is 11.6 Å². The van der Waals surface area contributed by atoms with E-state index in [2.05, 4.69) is 5.32 Å². The van der Waals surface area contributed by atoms with Crippen LogP contribution in [0.1, 0.15) is 22.8 Å². The van der Waals surface area contributed by atoms with E-state index >= 15 is 0 Å². The topological polar surface area (TPSA) is 49.3 Å². The van der Waals surface area contributed by atoms with Gasteiger partial charge in [-0.15, -0.1) is 11.8 Å². The summed E-state index contributed by atoms with van der Waals surface area (Å²) in [5.41, 5.74) is -1.54. The van der Waals surface area contributed by atoms with E-state index in [1.54, 1.807) is 18.2 Å². The van der Waals surface area contributed by atoms with Gasteiger partial charge in [-0.1, -0.05) is 17.7 Å². The van der Waals surface area contributed by atoms with Crippen LogP contribution in [0.25, 0.3) is 0 Å². The third-order valence-corrected chi connectivity index (χ3v) is 4.58. The Labute approximate surface area is 148 Å². The zero-order valence-corrected chi connectivity index (χ0v) is 14.6. The maximum atomic E-state index is 13.8. The molecule has 7 heteroatoms. The van der Waals surface area contributed by atoms with Gasteiger partial charge < -0.3 is 10.4 Å². The fraction of sp³-hybridized carbons (Fsp3) is 0.235. The molecule has 3 nitrogen and oxygen atoms in total. The lowest BCUT2D eigenvalue weighted by molar-refractivity contribution is 0.0494. The molecule has 24 heavy (non-hydrogen) atoms. The second kappa shape index (κ2) is 7.51. The van der Waals surface area contributed by atoms with Gasteiger partial charge in [-0.25, -0.2) is 8.78 Å². The Bertz CT molecular complexity index is 768. The van der Waals surface area contributed by atoms with Gasteiger partial charge in [0.05, 0.1) is 17.1 Å². The van der Waals surface area contributed by atoms with Gasteiger partial charge in [-0.05, 0) is 37.4 Å². The van der Waals surface area contributed by atoms with Crippen molar-refractivity contribution in [3.05, 3.63) is 64.2 Å². The highest BCUT2D eigenvalue weighted by Crippen LogP contribution is 2.25. The molecule has 0 aliphatic rings. The summed E-state index contributed by atoms with van der Waals surface area (Å²) >= 11 is 7.48. The minimum Gasteiger partial charge on any atom is -0.383 e. The van der Waals surface area contributed by atoms with Gasteiger partial charge in [0, 0.05) is 16.5 Å². The number of hydrogen-bond donors (Lipinski definition) is 2. The van der Waals surface area contributed by atoms with Crippen molar-refractivity contribution in [3.8, 4) is 0 Å². The average molecular weight is 372 g/mol. The number of rotatable bonds is 5. The van der Waals surface area contributed by atoms with Crippen LogP contribution in [0.4, 0.5) is 8.78 Å². The molecule has 0 aromatic heterocycles. The molecular weight excluding hydrogens is 356 g/mol. The van der Waals surface area contributed by atoms with Crippen molar-refractivity contribution in [1.82, 2.24) is 5.32 Å². The van der Waals surface area contributed by atoms with E-state index in [1.807, 2.05) is 6.26 Å². The Balaban J connectivity index is 2.15. The number of carbonyl (C=O) groups is 1. The van der Waals surface area contributed by atoms with Gasteiger partial charge in [-0.3, -0.25) is 4.79 Å². The molecule has 0 saturated heterocycles. The van der Waals surface area contributed by atoms with Crippen molar-refractivity contribution >= 4 is 29.3 Å². The molecule has 0 bridgehead atoms. The molecule has 128 valence electrons. The van der Waals surface area contributed by atoms with Crippen molar-refractivity contribution in [2.75, 3.05) is 12.8 Å². The molecule has 0 saturated carbocycles. The Hall–Kier alpha value is -1.63. The Morgan fingerprint density at radius 3 is 2.62 bits per heavy atom. The van der Waals surface area contributed by atoms with Crippen LogP contribution in [0.3, 0.4) is 0 Å². The van der Waals surface area contributed by atoms with E-state index in [1.165, 1.54) is 18.7 Å². The minimum absolute atomic E-state index is 0.104. The molecule has 2 rings (SSSR count). The first kappa shape index (κ1) is 18.7. The largest absolute Gasteiger partial charge is 0.383 e. The van der Waals surface area contributed by atoms with E-state index in [9.17, 15) is 18.7 Å². The highest BCUT2D eigenvalue weighted by Gasteiger charge is 2.28. The fourth-order valence-corrected chi connectivity index (χ4v) is 2.82. The maximum Gasteiger partial charge on any atom is 0.252 e. The highest BCUT2D eigenvalue weighted by atomic mass is 35.5. The molecule has 1 atom stereocenters. The van der Waals surface area contributed by atoms with Crippen molar-refractivity contribution in [2.24, 2.45) is 0 Å². The van der Waals surface area contributed by atoms with Crippen LogP contribution in [0.2, 0.25) is 5.02 Å². The van der Waals surface area contributed by atoms with E-state index in [0.717, 1.165) is 17.0 Å². The summed E-state index contributed by atoms with van der Waals surface area (Å²) in [6, 6.07) is 7.92. The third kappa shape index (κ3) is 4.26. The first-order valence-corrected chi connectivity index (χ1v) is 8.64. The first-order chi connectivity index (χ1) is 11.2. The quantitative estimate of drug-likeness (QED) is 0.782. The second-order valence-corrected chi connectivity index (χ2v) is 6.71. The summed E-state index contributed by atoms with van der Waals surface area (Å²) in [6.07, 6.45) is 1.87. The van der Waals surface area contributed by atoms with Gasteiger partial charge in [0.1, 0.15) is 17.2 Å². The highest BCUT2D eigenvalue weighted by molar-refractivity contribution is 7.98. The van der Waals surface area contributed by atoms with Crippen molar-refractivity contribution in [1.29, 1.82) is 0 Å². The lowest BCUT2D eigenvalue weighted by atomic mass is 9.95.